The van der Waals surface area contributed by atoms with Crippen LogP contribution in [0.2, 0.25) is 0 Å². The summed E-state index contributed by atoms with van der Waals surface area (Å²) in [5, 5.41) is 12.7. The van der Waals surface area contributed by atoms with E-state index >= 15 is 0 Å². The Bertz CT molecular complexity index is 1420. The first-order chi connectivity index (χ1) is 15.8. The van der Waals surface area contributed by atoms with Crippen LogP contribution in [0.3, 0.4) is 0 Å². The van der Waals surface area contributed by atoms with Crippen molar-refractivity contribution in [2.24, 2.45) is 7.05 Å². The second-order valence-electron chi connectivity index (χ2n) is 7.65. The van der Waals surface area contributed by atoms with Gasteiger partial charge in [0.25, 0.3) is 5.56 Å². The summed E-state index contributed by atoms with van der Waals surface area (Å²) in [6, 6.07) is 4.82. The smallest absolute Gasteiger partial charge is 0.336 e. The predicted molar refractivity (Wildman–Crippen MR) is 133 cm³/mol. The van der Waals surface area contributed by atoms with E-state index in [1.54, 1.807) is 30.7 Å². The van der Waals surface area contributed by atoms with Gasteiger partial charge in [0.15, 0.2) is 11.2 Å². The second kappa shape index (κ2) is 9.40. The highest BCUT2D eigenvalue weighted by molar-refractivity contribution is 14.1. The van der Waals surface area contributed by atoms with E-state index in [1.165, 1.54) is 10.6 Å². The third-order valence-corrected chi connectivity index (χ3v) is 6.94. The van der Waals surface area contributed by atoms with Gasteiger partial charge in [-0.1, -0.05) is 18.1 Å². The number of rotatable bonds is 5. The van der Waals surface area contributed by atoms with E-state index in [4.69, 9.17) is 0 Å². The first kappa shape index (κ1) is 23.1. The highest BCUT2D eigenvalue weighted by Crippen LogP contribution is 2.21. The zero-order valence-electron chi connectivity index (χ0n) is 18.3. The van der Waals surface area contributed by atoms with Gasteiger partial charge in [-0.25, -0.2) is 9.59 Å². The first-order valence-electron chi connectivity index (χ1n) is 10.4. The van der Waals surface area contributed by atoms with Crippen LogP contribution in [0.15, 0.2) is 27.8 Å². The summed E-state index contributed by atoms with van der Waals surface area (Å²) < 4.78 is 4.76. The number of hydrogen-bond acceptors (Lipinski definition) is 6. The predicted octanol–water partition coefficient (Wildman–Crippen LogP) is 0.681. The summed E-state index contributed by atoms with van der Waals surface area (Å²) >= 11 is 1.94. The highest BCUT2D eigenvalue weighted by atomic mass is 127. The third kappa shape index (κ3) is 4.16. The van der Waals surface area contributed by atoms with E-state index in [0.29, 0.717) is 26.2 Å². The van der Waals surface area contributed by atoms with Crippen LogP contribution in [0.5, 0.6) is 0 Å². The Kier molecular flexibility index (Phi) is 6.57. The molecular weight excluding hydrogens is 539 g/mol. The number of carboxylic acid groups (broad SMARTS) is 1. The number of anilines is 1. The average molecular weight is 562 g/mol. The summed E-state index contributed by atoms with van der Waals surface area (Å²) in [7, 11) is 1.59. The van der Waals surface area contributed by atoms with Crippen molar-refractivity contribution in [1.82, 2.24) is 24.0 Å². The van der Waals surface area contributed by atoms with E-state index in [1.807, 2.05) is 22.6 Å². The molecule has 0 unspecified atom stereocenters. The van der Waals surface area contributed by atoms with Crippen LogP contribution in [0.1, 0.15) is 22.8 Å². The van der Waals surface area contributed by atoms with Crippen LogP contribution in [0, 0.1) is 15.4 Å². The lowest BCUT2D eigenvalue weighted by atomic mass is 10.1. The van der Waals surface area contributed by atoms with Crippen molar-refractivity contribution in [3.63, 3.8) is 0 Å². The Morgan fingerprint density at radius 1 is 1.24 bits per heavy atom. The van der Waals surface area contributed by atoms with Crippen molar-refractivity contribution >= 4 is 45.7 Å². The third-order valence-electron chi connectivity index (χ3n) is 5.66. The number of carboxylic acids is 1. The molecule has 1 aliphatic rings. The summed E-state index contributed by atoms with van der Waals surface area (Å²) in [5.74, 6) is 5.42. The zero-order valence-corrected chi connectivity index (χ0v) is 20.4. The molecule has 0 spiro atoms. The van der Waals surface area contributed by atoms with Gasteiger partial charge in [-0.3, -0.25) is 18.5 Å². The average Bonchev–Trinajstić information content (AvgIpc) is 3.20. The summed E-state index contributed by atoms with van der Waals surface area (Å²) in [6.45, 7) is 5.00. The molecular formula is C22H23IN6O4. The summed E-state index contributed by atoms with van der Waals surface area (Å²) in [5.41, 5.74) is 0.331. The molecule has 172 valence electrons. The maximum atomic E-state index is 13.6. The Hall–Kier alpha value is -3.11. The number of fused-ring (bicyclic) bond motifs is 1. The molecule has 0 atom stereocenters. The number of nitrogens with one attached hydrogen (secondary N) is 1. The van der Waals surface area contributed by atoms with Gasteiger partial charge in [0.05, 0.1) is 18.7 Å². The molecule has 11 heteroatoms. The van der Waals surface area contributed by atoms with Crippen LogP contribution in [-0.4, -0.2) is 55.9 Å². The van der Waals surface area contributed by atoms with Crippen LogP contribution in [-0.2, 0) is 20.1 Å². The van der Waals surface area contributed by atoms with Crippen molar-refractivity contribution in [3.8, 4) is 11.8 Å². The van der Waals surface area contributed by atoms with Gasteiger partial charge >= 0.3 is 11.7 Å². The van der Waals surface area contributed by atoms with E-state index in [-0.39, 0.29) is 18.7 Å². The number of aromatic carboxylic acids is 1. The minimum Gasteiger partial charge on any atom is -0.478 e. The first-order valence-corrected chi connectivity index (χ1v) is 11.5. The van der Waals surface area contributed by atoms with Gasteiger partial charge in [0.2, 0.25) is 5.95 Å². The number of carbonyl (C=O) groups is 1. The summed E-state index contributed by atoms with van der Waals surface area (Å²) in [6.07, 6.45) is 0. The Morgan fingerprint density at radius 3 is 2.64 bits per heavy atom. The summed E-state index contributed by atoms with van der Waals surface area (Å²) in [4.78, 5) is 45.0. The van der Waals surface area contributed by atoms with Crippen LogP contribution in [0.4, 0.5) is 5.95 Å². The minimum absolute atomic E-state index is 0.0472. The largest absolute Gasteiger partial charge is 0.478 e. The lowest BCUT2D eigenvalue weighted by molar-refractivity contribution is 0.0695. The van der Waals surface area contributed by atoms with Crippen LogP contribution in [0.25, 0.3) is 11.2 Å². The molecule has 2 N–H and O–H groups in total. The Balaban J connectivity index is 1.93. The fraction of sp³-hybridized carbons (Fsp3) is 0.364. The normalized spacial score (nSPS) is 13.7. The lowest BCUT2D eigenvalue weighted by Gasteiger charge is -2.28. The van der Waals surface area contributed by atoms with Gasteiger partial charge in [-0.05, 0) is 41.1 Å². The molecule has 0 radical (unpaired) electrons. The van der Waals surface area contributed by atoms with Crippen LogP contribution < -0.4 is 21.5 Å². The van der Waals surface area contributed by atoms with Gasteiger partial charge in [0, 0.05) is 36.8 Å². The molecule has 0 bridgehead atoms. The van der Waals surface area contributed by atoms with Crippen molar-refractivity contribution < 1.29 is 9.90 Å². The molecule has 3 aromatic rings. The van der Waals surface area contributed by atoms with E-state index in [0.717, 1.165) is 30.7 Å². The maximum absolute atomic E-state index is 13.6. The molecule has 1 aromatic carbocycles. The molecule has 4 rings (SSSR count). The SMILES string of the molecule is CC#CCn1c(N2CCNCC2)nc2c1c(=O)n(Cc1cccc(C(=O)O)c1I)c(=O)n2C. The zero-order chi connectivity index (χ0) is 23.7. The van der Waals surface area contributed by atoms with Crippen molar-refractivity contribution in [2.45, 2.75) is 20.0 Å². The molecule has 1 fully saturated rings. The number of imidazole rings is 1. The van der Waals surface area contributed by atoms with E-state index < -0.39 is 17.2 Å². The molecule has 2 aromatic heterocycles. The fourth-order valence-electron chi connectivity index (χ4n) is 3.95. The molecule has 33 heavy (non-hydrogen) atoms. The van der Waals surface area contributed by atoms with Crippen molar-refractivity contribution in [1.29, 1.82) is 0 Å². The number of aryl methyl sites for hydroxylation is 1. The standard InChI is InChI=1S/C22H23IN6O4/c1-3-4-10-28-17-18(25-21(28)27-11-8-24-9-12-27)26(2)22(33)29(19(17)30)13-14-6-5-7-15(16(14)23)20(31)32/h5-7,24H,8-13H2,1-2H3,(H,31,32). The van der Waals surface area contributed by atoms with Crippen LogP contribution >= 0.6 is 22.6 Å². The second-order valence-corrected chi connectivity index (χ2v) is 8.73. The molecule has 0 amide bonds. The van der Waals surface area contributed by atoms with Crippen molar-refractivity contribution in [3.05, 3.63) is 53.7 Å². The highest BCUT2D eigenvalue weighted by Gasteiger charge is 2.24. The number of benzene rings is 1. The van der Waals surface area contributed by atoms with Crippen molar-refractivity contribution in [2.75, 3.05) is 31.1 Å². The van der Waals surface area contributed by atoms with Gasteiger partial charge < -0.3 is 15.3 Å². The number of hydrogen-bond donors (Lipinski definition) is 2. The Labute approximate surface area is 203 Å². The monoisotopic (exact) mass is 562 g/mol. The molecule has 0 saturated carbocycles. The molecule has 3 heterocycles. The number of nitrogens with zero attached hydrogens (tertiary/aromatic N) is 5. The topological polar surface area (TPSA) is 114 Å². The van der Waals surface area contributed by atoms with E-state index in [9.17, 15) is 19.5 Å². The lowest BCUT2D eigenvalue weighted by Crippen LogP contribution is -2.44. The molecule has 1 aliphatic heterocycles. The van der Waals surface area contributed by atoms with Gasteiger partial charge in [-0.15, -0.1) is 5.92 Å². The number of piperazine rings is 1. The number of aromatic nitrogens is 4. The van der Waals surface area contributed by atoms with E-state index in [2.05, 4.69) is 27.0 Å². The maximum Gasteiger partial charge on any atom is 0.336 e. The number of halogens is 1. The fourth-order valence-corrected chi connectivity index (χ4v) is 4.71. The minimum atomic E-state index is -1.06. The van der Waals surface area contributed by atoms with Gasteiger partial charge in [0.1, 0.15) is 0 Å². The van der Waals surface area contributed by atoms with Gasteiger partial charge in [-0.2, -0.15) is 4.98 Å². The molecule has 1 saturated heterocycles. The Morgan fingerprint density at radius 2 is 1.97 bits per heavy atom. The quantitative estimate of drug-likeness (QED) is 0.348. The molecule has 0 aliphatic carbocycles. The molecule has 10 nitrogen and oxygen atoms in total.